The third-order valence-electron chi connectivity index (χ3n) is 6.21. The summed E-state index contributed by atoms with van der Waals surface area (Å²) >= 11 is 6.08. The van der Waals surface area contributed by atoms with Crippen molar-refractivity contribution in [2.45, 2.75) is 6.04 Å². The van der Waals surface area contributed by atoms with Crippen LogP contribution in [0.3, 0.4) is 0 Å². The Morgan fingerprint density at radius 3 is 2.27 bits per heavy atom. The zero-order valence-electron chi connectivity index (χ0n) is 19.2. The Bertz CT molecular complexity index is 1050. The van der Waals surface area contributed by atoms with Crippen LogP contribution in [0.25, 0.3) is 0 Å². The first-order valence-electron chi connectivity index (χ1n) is 11.4. The number of nitrogens with one attached hydrogen (secondary N) is 1. The molecule has 0 bridgehead atoms. The summed E-state index contributed by atoms with van der Waals surface area (Å²) in [4.78, 5) is 19.8. The maximum Gasteiger partial charge on any atom is 0.251 e. The van der Waals surface area contributed by atoms with E-state index in [4.69, 9.17) is 11.6 Å². The van der Waals surface area contributed by atoms with Crippen molar-refractivity contribution in [3.63, 3.8) is 0 Å². The molecule has 1 saturated heterocycles. The second-order valence-corrected chi connectivity index (χ2v) is 9.02. The van der Waals surface area contributed by atoms with Gasteiger partial charge in [0.15, 0.2) is 0 Å². The third kappa shape index (κ3) is 5.86. The largest absolute Gasteiger partial charge is 0.378 e. The molecular weight excluding hydrogens is 432 g/mol. The van der Waals surface area contributed by atoms with Crippen molar-refractivity contribution in [1.82, 2.24) is 10.2 Å². The maximum absolute atomic E-state index is 12.8. The van der Waals surface area contributed by atoms with E-state index in [1.165, 1.54) is 11.3 Å². The van der Waals surface area contributed by atoms with Gasteiger partial charge in [-0.25, -0.2) is 0 Å². The molecule has 3 aromatic carbocycles. The Kier molecular flexibility index (Phi) is 7.53. The predicted molar refractivity (Wildman–Crippen MR) is 138 cm³/mol. The van der Waals surface area contributed by atoms with Crippen molar-refractivity contribution >= 4 is 28.9 Å². The molecule has 1 atom stereocenters. The predicted octanol–water partition coefficient (Wildman–Crippen LogP) is 4.70. The lowest BCUT2D eigenvalue weighted by atomic mass is 10.0. The molecule has 33 heavy (non-hydrogen) atoms. The molecule has 172 valence electrons. The molecule has 1 amide bonds. The van der Waals surface area contributed by atoms with Crippen LogP contribution in [-0.4, -0.2) is 57.6 Å². The smallest absolute Gasteiger partial charge is 0.251 e. The topological polar surface area (TPSA) is 38.8 Å². The molecule has 6 heteroatoms. The van der Waals surface area contributed by atoms with Crippen LogP contribution in [0.1, 0.15) is 22.0 Å². The minimum atomic E-state index is -0.102. The quantitative estimate of drug-likeness (QED) is 0.552. The van der Waals surface area contributed by atoms with E-state index in [9.17, 15) is 4.79 Å². The van der Waals surface area contributed by atoms with Crippen LogP contribution in [0, 0.1) is 0 Å². The number of carbonyl (C=O) groups excluding carboxylic acids is 1. The fraction of sp³-hybridized carbons (Fsp3) is 0.296. The Labute approximate surface area is 201 Å². The highest BCUT2D eigenvalue weighted by Gasteiger charge is 2.26. The summed E-state index contributed by atoms with van der Waals surface area (Å²) in [5, 5.41) is 3.70. The summed E-state index contributed by atoms with van der Waals surface area (Å²) in [5.74, 6) is -0.102. The van der Waals surface area contributed by atoms with E-state index in [1.54, 1.807) is 24.3 Å². The van der Waals surface area contributed by atoms with Crippen LogP contribution in [0.2, 0.25) is 5.02 Å². The molecule has 1 aliphatic heterocycles. The number of anilines is 2. The normalized spacial score (nSPS) is 15.2. The van der Waals surface area contributed by atoms with Gasteiger partial charge < -0.3 is 15.1 Å². The van der Waals surface area contributed by atoms with E-state index in [0.717, 1.165) is 31.9 Å². The van der Waals surface area contributed by atoms with E-state index >= 15 is 0 Å². The molecule has 0 aliphatic carbocycles. The molecule has 3 aromatic rings. The van der Waals surface area contributed by atoms with Gasteiger partial charge in [-0.2, -0.15) is 0 Å². The lowest BCUT2D eigenvalue weighted by molar-refractivity contribution is 0.0930. The Balaban J connectivity index is 1.48. The van der Waals surface area contributed by atoms with Crippen molar-refractivity contribution in [2.75, 3.05) is 56.6 Å². The summed E-state index contributed by atoms with van der Waals surface area (Å²) in [6.45, 7) is 4.32. The minimum Gasteiger partial charge on any atom is -0.378 e. The van der Waals surface area contributed by atoms with Crippen molar-refractivity contribution < 1.29 is 4.79 Å². The second kappa shape index (κ2) is 10.7. The first-order valence-corrected chi connectivity index (χ1v) is 11.7. The van der Waals surface area contributed by atoms with Gasteiger partial charge in [-0.05, 0) is 48.0 Å². The van der Waals surface area contributed by atoms with E-state index < -0.39 is 0 Å². The Morgan fingerprint density at radius 1 is 0.939 bits per heavy atom. The molecule has 1 aliphatic rings. The molecule has 1 N–H and O–H groups in total. The van der Waals surface area contributed by atoms with Gasteiger partial charge in [-0.15, -0.1) is 0 Å². The lowest BCUT2D eigenvalue weighted by Gasteiger charge is -2.40. The standard InChI is InChI=1S/C27H31ClN4O/c1-30(2)24-13-11-21(12-14-24)26(20-29-27(33)22-7-6-8-23(28)19-22)32-17-15-31(16-18-32)25-9-4-3-5-10-25/h3-14,19,26H,15-18,20H2,1-2H3,(H,29,33). The molecule has 0 saturated carbocycles. The number of benzene rings is 3. The van der Waals surface area contributed by atoms with Crippen molar-refractivity contribution in [3.05, 3.63) is 95.0 Å². The average Bonchev–Trinajstić information content (AvgIpc) is 2.85. The SMILES string of the molecule is CN(C)c1ccc(C(CNC(=O)c2cccc(Cl)c2)N2CCN(c3ccccc3)CC2)cc1. The van der Waals surface area contributed by atoms with Gasteiger partial charge in [0.2, 0.25) is 0 Å². The molecule has 5 nitrogen and oxygen atoms in total. The summed E-state index contributed by atoms with van der Waals surface area (Å²) in [5.41, 5.74) is 4.21. The molecule has 0 aromatic heterocycles. The third-order valence-corrected chi connectivity index (χ3v) is 6.45. The summed E-state index contributed by atoms with van der Waals surface area (Å²) in [7, 11) is 4.08. The van der Waals surface area contributed by atoms with E-state index in [-0.39, 0.29) is 11.9 Å². The first kappa shape index (κ1) is 23.1. The number of hydrogen-bond donors (Lipinski definition) is 1. The number of amides is 1. The number of rotatable bonds is 7. The average molecular weight is 463 g/mol. The highest BCUT2D eigenvalue weighted by Crippen LogP contribution is 2.26. The van der Waals surface area contributed by atoms with Crippen LogP contribution in [-0.2, 0) is 0 Å². The highest BCUT2D eigenvalue weighted by atomic mass is 35.5. The fourth-order valence-corrected chi connectivity index (χ4v) is 4.49. The van der Waals surface area contributed by atoms with Gasteiger partial charge in [0.05, 0.1) is 6.04 Å². The van der Waals surface area contributed by atoms with Crippen LogP contribution in [0.5, 0.6) is 0 Å². The number of para-hydroxylation sites is 1. The summed E-state index contributed by atoms with van der Waals surface area (Å²) in [6.07, 6.45) is 0. The van der Waals surface area contributed by atoms with Crippen LogP contribution >= 0.6 is 11.6 Å². The molecule has 4 rings (SSSR count). The Morgan fingerprint density at radius 2 is 1.64 bits per heavy atom. The minimum absolute atomic E-state index is 0.0993. The van der Waals surface area contributed by atoms with Crippen molar-refractivity contribution in [1.29, 1.82) is 0 Å². The molecule has 0 spiro atoms. The van der Waals surface area contributed by atoms with Gasteiger partial charge in [0.1, 0.15) is 0 Å². The fourth-order valence-electron chi connectivity index (χ4n) is 4.30. The molecular formula is C27H31ClN4O. The number of piperazine rings is 1. The van der Waals surface area contributed by atoms with E-state index in [0.29, 0.717) is 17.1 Å². The number of nitrogens with zero attached hydrogens (tertiary/aromatic N) is 3. The molecule has 0 radical (unpaired) electrons. The highest BCUT2D eigenvalue weighted by molar-refractivity contribution is 6.30. The zero-order valence-corrected chi connectivity index (χ0v) is 20.0. The number of hydrogen-bond acceptors (Lipinski definition) is 4. The van der Waals surface area contributed by atoms with Gasteiger partial charge in [-0.3, -0.25) is 9.69 Å². The Hall–Kier alpha value is -3.02. The van der Waals surface area contributed by atoms with E-state index in [1.807, 2.05) is 14.1 Å². The lowest BCUT2D eigenvalue weighted by Crippen LogP contribution is -2.50. The summed E-state index contributed by atoms with van der Waals surface area (Å²) in [6, 6.07) is 26.4. The second-order valence-electron chi connectivity index (χ2n) is 8.58. The monoisotopic (exact) mass is 462 g/mol. The van der Waals surface area contributed by atoms with Crippen LogP contribution in [0.4, 0.5) is 11.4 Å². The first-order chi connectivity index (χ1) is 16.0. The van der Waals surface area contributed by atoms with Gasteiger partial charge in [0.25, 0.3) is 5.91 Å². The molecule has 1 heterocycles. The van der Waals surface area contributed by atoms with Crippen molar-refractivity contribution in [3.8, 4) is 0 Å². The van der Waals surface area contributed by atoms with Gasteiger partial charge >= 0.3 is 0 Å². The van der Waals surface area contributed by atoms with Crippen LogP contribution < -0.4 is 15.1 Å². The van der Waals surface area contributed by atoms with Gasteiger partial charge in [-0.1, -0.05) is 48.0 Å². The van der Waals surface area contributed by atoms with Gasteiger partial charge in [0, 0.05) is 68.8 Å². The number of carbonyl (C=O) groups is 1. The van der Waals surface area contributed by atoms with Crippen molar-refractivity contribution in [2.24, 2.45) is 0 Å². The molecule has 1 fully saturated rings. The van der Waals surface area contributed by atoms with E-state index in [2.05, 4.69) is 74.6 Å². The van der Waals surface area contributed by atoms with Crippen LogP contribution in [0.15, 0.2) is 78.9 Å². The number of halogens is 1. The zero-order chi connectivity index (χ0) is 23.2. The molecule has 1 unspecified atom stereocenters. The maximum atomic E-state index is 12.8. The summed E-state index contributed by atoms with van der Waals surface area (Å²) < 4.78 is 0.